The molecular formula is C31H31NO6. The minimum atomic E-state index is -0.627. The predicted molar refractivity (Wildman–Crippen MR) is 146 cm³/mol. The molecule has 4 aromatic rings. The van der Waals surface area contributed by atoms with Crippen molar-refractivity contribution in [1.29, 1.82) is 0 Å². The van der Waals surface area contributed by atoms with Gasteiger partial charge >= 0.3 is 5.97 Å². The minimum absolute atomic E-state index is 0.120. The van der Waals surface area contributed by atoms with Crippen LogP contribution in [0.3, 0.4) is 0 Å². The molecule has 4 rings (SSSR count). The minimum Gasteiger partial charge on any atom is -0.493 e. The van der Waals surface area contributed by atoms with Gasteiger partial charge in [-0.05, 0) is 53.1 Å². The van der Waals surface area contributed by atoms with Crippen LogP contribution in [-0.4, -0.2) is 32.7 Å². The largest absolute Gasteiger partial charge is 0.493 e. The van der Waals surface area contributed by atoms with Crippen molar-refractivity contribution in [2.24, 2.45) is 0 Å². The van der Waals surface area contributed by atoms with Crippen LogP contribution in [0.5, 0.6) is 23.0 Å². The van der Waals surface area contributed by atoms with Gasteiger partial charge in [0.25, 0.3) is 0 Å². The maximum atomic E-state index is 12.9. The summed E-state index contributed by atoms with van der Waals surface area (Å²) in [7, 11) is 3.13. The smallest absolute Gasteiger partial charge is 0.349 e. The molecule has 0 saturated heterocycles. The van der Waals surface area contributed by atoms with E-state index in [1.54, 1.807) is 38.5 Å². The number of esters is 1. The summed E-state index contributed by atoms with van der Waals surface area (Å²) in [5, 5.41) is 4.93. The number of carbonyl (C=O) groups excluding carboxylic acids is 2. The molecule has 0 spiro atoms. The highest BCUT2D eigenvalue weighted by Crippen LogP contribution is 2.39. The third-order valence-electron chi connectivity index (χ3n) is 6.07. The molecule has 1 N–H and O–H groups in total. The molecule has 1 unspecified atom stereocenters. The van der Waals surface area contributed by atoms with Gasteiger partial charge in [0.2, 0.25) is 5.91 Å². The van der Waals surface area contributed by atoms with Gasteiger partial charge in [-0.3, -0.25) is 4.79 Å². The molecule has 38 heavy (non-hydrogen) atoms. The van der Waals surface area contributed by atoms with Crippen molar-refractivity contribution in [3.63, 3.8) is 0 Å². The van der Waals surface area contributed by atoms with Crippen molar-refractivity contribution in [2.45, 2.75) is 25.8 Å². The second-order valence-corrected chi connectivity index (χ2v) is 8.64. The number of benzene rings is 4. The molecule has 7 heteroatoms. The third kappa shape index (κ3) is 6.24. The number of hydrogen-bond acceptors (Lipinski definition) is 6. The fourth-order valence-corrected chi connectivity index (χ4v) is 4.29. The first-order valence-electron chi connectivity index (χ1n) is 12.5. The molecule has 4 aromatic carbocycles. The quantitative estimate of drug-likeness (QED) is 0.200. The monoisotopic (exact) mass is 513 g/mol. The average molecular weight is 514 g/mol. The number of fused-ring (bicyclic) bond motifs is 1. The van der Waals surface area contributed by atoms with Gasteiger partial charge in [-0.25, -0.2) is 4.79 Å². The molecule has 7 nitrogen and oxygen atoms in total. The fourth-order valence-electron chi connectivity index (χ4n) is 4.29. The normalized spacial score (nSPS) is 11.4. The van der Waals surface area contributed by atoms with Gasteiger partial charge in [0.1, 0.15) is 11.5 Å². The van der Waals surface area contributed by atoms with Crippen molar-refractivity contribution in [2.75, 3.05) is 20.8 Å². The molecule has 196 valence electrons. The van der Waals surface area contributed by atoms with Gasteiger partial charge < -0.3 is 24.3 Å². The highest BCUT2D eigenvalue weighted by molar-refractivity contribution is 5.91. The molecule has 1 atom stereocenters. The second-order valence-electron chi connectivity index (χ2n) is 8.64. The lowest BCUT2D eigenvalue weighted by Crippen LogP contribution is -2.30. The van der Waals surface area contributed by atoms with Crippen molar-refractivity contribution in [3.05, 3.63) is 96.1 Å². The molecule has 0 bridgehead atoms. The number of amides is 1. The highest BCUT2D eigenvalue weighted by atomic mass is 16.6. The van der Waals surface area contributed by atoms with Gasteiger partial charge in [0.05, 0.1) is 20.3 Å². The number of para-hydroxylation sites is 1. The Balaban J connectivity index is 1.78. The van der Waals surface area contributed by atoms with Crippen LogP contribution in [0.4, 0.5) is 0 Å². The zero-order valence-electron chi connectivity index (χ0n) is 21.7. The Morgan fingerprint density at radius 1 is 0.816 bits per heavy atom. The lowest BCUT2D eigenvalue weighted by atomic mass is 9.92. The molecule has 0 aliphatic rings. The first-order chi connectivity index (χ1) is 18.5. The van der Waals surface area contributed by atoms with Gasteiger partial charge in [-0.2, -0.15) is 0 Å². The summed E-state index contributed by atoms with van der Waals surface area (Å²) in [6.07, 6.45) is 1.05. The lowest BCUT2D eigenvalue weighted by molar-refractivity contribution is -0.136. The van der Waals surface area contributed by atoms with E-state index in [1.807, 2.05) is 67.6 Å². The molecule has 0 saturated carbocycles. The van der Waals surface area contributed by atoms with Crippen molar-refractivity contribution >= 4 is 22.6 Å². The van der Waals surface area contributed by atoms with Crippen LogP contribution < -0.4 is 24.3 Å². The van der Waals surface area contributed by atoms with E-state index < -0.39 is 12.0 Å². The first-order valence-corrected chi connectivity index (χ1v) is 12.5. The Kier molecular flexibility index (Phi) is 8.82. The van der Waals surface area contributed by atoms with E-state index >= 15 is 0 Å². The average Bonchev–Trinajstić information content (AvgIpc) is 2.95. The molecular weight excluding hydrogens is 482 g/mol. The summed E-state index contributed by atoms with van der Waals surface area (Å²) >= 11 is 0. The van der Waals surface area contributed by atoms with Crippen molar-refractivity contribution in [3.8, 4) is 23.0 Å². The summed E-state index contributed by atoms with van der Waals surface area (Å²) in [5.41, 5.74) is 1.41. The Morgan fingerprint density at radius 3 is 2.26 bits per heavy atom. The van der Waals surface area contributed by atoms with Crippen LogP contribution in [0.2, 0.25) is 0 Å². The van der Waals surface area contributed by atoms with Crippen LogP contribution in [0, 0.1) is 0 Å². The standard InChI is InChI=1S/C31H31NO6/c1-4-10-28(33)32-31(22-16-17-25(35-2)27(19-22)36-3)30-24-14-9-8-11-21(24)15-18-26(30)38-29(34)20-37-23-12-6-5-7-13-23/h5-9,11-19,31H,4,10,20H2,1-3H3,(H,32,33). The van der Waals surface area contributed by atoms with Crippen LogP contribution in [0.25, 0.3) is 10.8 Å². The van der Waals surface area contributed by atoms with Gasteiger partial charge in [0, 0.05) is 12.0 Å². The number of methoxy groups -OCH3 is 2. The lowest BCUT2D eigenvalue weighted by Gasteiger charge is -2.25. The number of hydrogen-bond donors (Lipinski definition) is 1. The maximum absolute atomic E-state index is 12.9. The third-order valence-corrected chi connectivity index (χ3v) is 6.07. The Bertz CT molecular complexity index is 1400. The summed E-state index contributed by atoms with van der Waals surface area (Å²) in [6.45, 7) is 1.68. The highest BCUT2D eigenvalue weighted by Gasteiger charge is 2.25. The molecule has 0 fully saturated rings. The van der Waals surface area contributed by atoms with Crippen molar-refractivity contribution in [1.82, 2.24) is 5.32 Å². The van der Waals surface area contributed by atoms with Gasteiger partial charge in [-0.1, -0.05) is 61.5 Å². The Morgan fingerprint density at radius 2 is 1.53 bits per heavy atom. The van der Waals surface area contributed by atoms with Gasteiger partial charge in [-0.15, -0.1) is 0 Å². The Hall–Kier alpha value is -4.52. The second kappa shape index (κ2) is 12.6. The van der Waals surface area contributed by atoms with Crippen LogP contribution in [0.1, 0.15) is 36.9 Å². The number of nitrogens with one attached hydrogen (secondary N) is 1. The van der Waals surface area contributed by atoms with E-state index in [2.05, 4.69) is 5.32 Å². The van der Waals surface area contributed by atoms with E-state index in [-0.39, 0.29) is 12.5 Å². The molecule has 0 aromatic heterocycles. The fraction of sp³-hybridized carbons (Fsp3) is 0.226. The van der Waals surface area contributed by atoms with Crippen LogP contribution >= 0.6 is 0 Å². The molecule has 0 heterocycles. The van der Waals surface area contributed by atoms with Gasteiger partial charge in [0.15, 0.2) is 18.1 Å². The number of carbonyl (C=O) groups is 2. The zero-order chi connectivity index (χ0) is 26.9. The number of rotatable bonds is 11. The molecule has 0 aliphatic carbocycles. The SMILES string of the molecule is CCCC(=O)NC(c1ccc(OC)c(OC)c1)c1c(OC(=O)COc2ccccc2)ccc2ccccc12. The summed E-state index contributed by atoms with van der Waals surface area (Å²) in [6, 6.07) is 25.3. The van der Waals surface area contributed by atoms with E-state index in [0.29, 0.717) is 41.4 Å². The summed E-state index contributed by atoms with van der Waals surface area (Å²) in [4.78, 5) is 25.8. The predicted octanol–water partition coefficient (Wildman–Crippen LogP) is 5.85. The van der Waals surface area contributed by atoms with E-state index in [4.69, 9.17) is 18.9 Å². The summed E-state index contributed by atoms with van der Waals surface area (Å²) < 4.78 is 22.4. The van der Waals surface area contributed by atoms with E-state index in [0.717, 1.165) is 16.3 Å². The summed E-state index contributed by atoms with van der Waals surface area (Å²) in [5.74, 6) is 1.31. The Labute approximate surface area is 222 Å². The van der Waals surface area contributed by atoms with E-state index in [1.165, 1.54) is 0 Å². The van der Waals surface area contributed by atoms with Crippen LogP contribution in [-0.2, 0) is 9.59 Å². The molecule has 1 amide bonds. The van der Waals surface area contributed by atoms with Crippen molar-refractivity contribution < 1.29 is 28.5 Å². The molecule has 0 aliphatic heterocycles. The van der Waals surface area contributed by atoms with Crippen LogP contribution in [0.15, 0.2) is 84.9 Å². The zero-order valence-corrected chi connectivity index (χ0v) is 21.7. The maximum Gasteiger partial charge on any atom is 0.349 e. The first kappa shape index (κ1) is 26.5. The number of ether oxygens (including phenoxy) is 4. The topological polar surface area (TPSA) is 83.1 Å². The van der Waals surface area contributed by atoms with E-state index in [9.17, 15) is 9.59 Å². The molecule has 0 radical (unpaired) electrons.